The van der Waals surface area contributed by atoms with Crippen LogP contribution in [0.4, 0.5) is 13.2 Å². The molecule has 1 aliphatic rings. The molecule has 0 amide bonds. The van der Waals surface area contributed by atoms with Crippen LogP contribution in [0.2, 0.25) is 0 Å². The van der Waals surface area contributed by atoms with Crippen molar-refractivity contribution < 1.29 is 28.2 Å². The van der Waals surface area contributed by atoms with Gasteiger partial charge in [-0.3, -0.25) is 4.79 Å². The fourth-order valence-electron chi connectivity index (χ4n) is 2.04. The van der Waals surface area contributed by atoms with Gasteiger partial charge in [0.15, 0.2) is 0 Å². The molecule has 1 aromatic rings. The van der Waals surface area contributed by atoms with Crippen molar-refractivity contribution in [2.75, 3.05) is 0 Å². The summed E-state index contributed by atoms with van der Waals surface area (Å²) in [7, 11) is 0. The zero-order valence-corrected chi connectivity index (χ0v) is 10.2. The number of alkyl halides is 3. The van der Waals surface area contributed by atoms with Gasteiger partial charge in [0.2, 0.25) is 0 Å². The lowest BCUT2D eigenvalue weighted by Gasteiger charge is -2.05. The second kappa shape index (κ2) is 5.03. The quantitative estimate of drug-likeness (QED) is 0.873. The van der Waals surface area contributed by atoms with E-state index >= 15 is 0 Å². The van der Waals surface area contributed by atoms with E-state index in [4.69, 9.17) is 0 Å². The number of phenolic OH excluding ortho intramolecular Hbond substituents is 1. The van der Waals surface area contributed by atoms with Crippen molar-refractivity contribution in [3.05, 3.63) is 46.7 Å². The Kier molecular flexibility index (Phi) is 3.57. The summed E-state index contributed by atoms with van der Waals surface area (Å²) in [6.45, 7) is 0. The molecular formula is C14H11F3O3. The largest absolute Gasteiger partial charge is 0.508 e. The van der Waals surface area contributed by atoms with Crippen LogP contribution in [-0.2, 0) is 4.79 Å². The van der Waals surface area contributed by atoms with Gasteiger partial charge in [0.25, 0.3) is 5.78 Å². The third-order valence-electron chi connectivity index (χ3n) is 2.98. The number of aliphatic hydroxyl groups is 1. The van der Waals surface area contributed by atoms with Crippen molar-refractivity contribution in [3.63, 3.8) is 0 Å². The highest BCUT2D eigenvalue weighted by Crippen LogP contribution is 2.35. The molecule has 0 unspecified atom stereocenters. The van der Waals surface area contributed by atoms with E-state index in [1.165, 1.54) is 18.2 Å². The summed E-state index contributed by atoms with van der Waals surface area (Å²) in [6, 6.07) is 6.05. The topological polar surface area (TPSA) is 57.5 Å². The number of carbonyl (C=O) groups is 1. The van der Waals surface area contributed by atoms with E-state index in [1.807, 2.05) is 0 Å². The van der Waals surface area contributed by atoms with Crippen molar-refractivity contribution >= 4 is 11.9 Å². The summed E-state index contributed by atoms with van der Waals surface area (Å²) in [5.74, 6) is -2.61. The number of Topliss-reactive ketones (excluding diaryl/α,β-unsaturated/α-hetero) is 1. The molecule has 0 radical (unpaired) electrons. The molecule has 0 atom stereocenters. The molecule has 0 saturated heterocycles. The molecule has 106 valence electrons. The number of hydrogen-bond acceptors (Lipinski definition) is 3. The molecule has 1 aromatic carbocycles. The van der Waals surface area contributed by atoms with Gasteiger partial charge >= 0.3 is 6.18 Å². The number of carbonyl (C=O) groups excluding carboxylic acids is 1. The number of aliphatic hydroxyl groups excluding tert-OH is 1. The van der Waals surface area contributed by atoms with Crippen LogP contribution in [0.5, 0.6) is 5.75 Å². The molecular weight excluding hydrogens is 273 g/mol. The van der Waals surface area contributed by atoms with E-state index in [1.54, 1.807) is 12.1 Å². The summed E-state index contributed by atoms with van der Waals surface area (Å²) < 4.78 is 37.0. The van der Waals surface area contributed by atoms with Gasteiger partial charge in [-0.1, -0.05) is 12.1 Å². The van der Waals surface area contributed by atoms with Gasteiger partial charge < -0.3 is 10.2 Å². The molecule has 0 aliphatic heterocycles. The average Bonchev–Trinajstić information content (AvgIpc) is 2.69. The van der Waals surface area contributed by atoms with E-state index in [2.05, 4.69) is 0 Å². The number of benzene rings is 1. The molecule has 6 heteroatoms. The van der Waals surface area contributed by atoms with Crippen molar-refractivity contribution in [2.24, 2.45) is 0 Å². The van der Waals surface area contributed by atoms with Crippen LogP contribution in [0.15, 0.2) is 41.2 Å². The maximum Gasteiger partial charge on any atom is 0.454 e. The van der Waals surface area contributed by atoms with Gasteiger partial charge in [0.05, 0.1) is 0 Å². The van der Waals surface area contributed by atoms with Crippen molar-refractivity contribution in [1.82, 2.24) is 0 Å². The predicted octanol–water partition coefficient (Wildman–Crippen LogP) is 3.51. The molecule has 0 aromatic heterocycles. The molecule has 1 aliphatic carbocycles. The minimum atomic E-state index is -4.98. The molecule has 20 heavy (non-hydrogen) atoms. The zero-order chi connectivity index (χ0) is 14.9. The number of halogens is 3. The fourth-order valence-corrected chi connectivity index (χ4v) is 2.04. The van der Waals surface area contributed by atoms with E-state index < -0.39 is 23.3 Å². The highest BCUT2D eigenvalue weighted by Gasteiger charge is 2.43. The Hall–Kier alpha value is -2.24. The van der Waals surface area contributed by atoms with Crippen LogP contribution in [0.1, 0.15) is 18.4 Å². The van der Waals surface area contributed by atoms with Gasteiger partial charge in [-0.25, -0.2) is 0 Å². The first-order valence-corrected chi connectivity index (χ1v) is 5.82. The van der Waals surface area contributed by atoms with E-state index in [-0.39, 0.29) is 24.2 Å². The minimum Gasteiger partial charge on any atom is -0.508 e. The second-order valence-corrected chi connectivity index (χ2v) is 4.42. The molecule has 0 heterocycles. The first-order chi connectivity index (χ1) is 9.29. The lowest BCUT2D eigenvalue weighted by molar-refractivity contribution is -0.166. The molecule has 3 nitrogen and oxygen atoms in total. The number of allylic oxidation sites excluding steroid dienone is 2. The van der Waals surface area contributed by atoms with Crippen LogP contribution in [0.3, 0.4) is 0 Å². The number of aromatic hydroxyl groups is 1. The molecule has 0 saturated carbocycles. The molecule has 0 bridgehead atoms. The lowest BCUT2D eigenvalue weighted by atomic mass is 10.1. The maximum atomic E-state index is 12.3. The second-order valence-electron chi connectivity index (χ2n) is 4.42. The molecule has 2 N–H and O–H groups in total. The van der Waals surface area contributed by atoms with Gasteiger partial charge in [0.1, 0.15) is 11.5 Å². The Balaban J connectivity index is 2.33. The van der Waals surface area contributed by atoms with Crippen molar-refractivity contribution in [2.45, 2.75) is 19.0 Å². The van der Waals surface area contributed by atoms with Gasteiger partial charge in [-0.05, 0) is 42.2 Å². The van der Waals surface area contributed by atoms with Crippen molar-refractivity contribution in [1.29, 1.82) is 0 Å². The molecule has 0 fully saturated rings. The third-order valence-corrected chi connectivity index (χ3v) is 2.98. The zero-order valence-electron chi connectivity index (χ0n) is 10.2. The minimum absolute atomic E-state index is 0.00686. The number of rotatable bonds is 2. The summed E-state index contributed by atoms with van der Waals surface area (Å²) in [5.41, 5.74) is 0.180. The van der Waals surface area contributed by atoms with E-state index in [9.17, 15) is 28.2 Å². The monoisotopic (exact) mass is 284 g/mol. The summed E-state index contributed by atoms with van der Waals surface area (Å²) in [6.07, 6.45) is -3.52. The Labute approximate surface area is 112 Å². The number of hydrogen-bond donors (Lipinski definition) is 2. The van der Waals surface area contributed by atoms with Crippen LogP contribution < -0.4 is 0 Å². The molecule has 2 rings (SSSR count). The van der Waals surface area contributed by atoms with Crippen molar-refractivity contribution in [3.8, 4) is 5.75 Å². The first-order valence-electron chi connectivity index (χ1n) is 5.82. The fraction of sp³-hybridized carbons (Fsp3) is 0.214. The SMILES string of the molecule is O=C(C1=C(O)C(=Cc2cccc(O)c2)CC1)C(F)(F)F. The smallest absolute Gasteiger partial charge is 0.454 e. The molecule has 0 spiro atoms. The Morgan fingerprint density at radius 3 is 2.50 bits per heavy atom. The summed E-state index contributed by atoms with van der Waals surface area (Å²) in [5, 5.41) is 19.0. The highest BCUT2D eigenvalue weighted by molar-refractivity contribution is 6.01. The maximum absolute atomic E-state index is 12.3. The number of ketones is 1. The Morgan fingerprint density at radius 2 is 1.90 bits per heavy atom. The van der Waals surface area contributed by atoms with Gasteiger partial charge in [0, 0.05) is 5.57 Å². The van der Waals surface area contributed by atoms with Crippen LogP contribution in [0, 0.1) is 0 Å². The highest BCUT2D eigenvalue weighted by atomic mass is 19.4. The normalized spacial score (nSPS) is 17.9. The lowest BCUT2D eigenvalue weighted by Crippen LogP contribution is -2.24. The average molecular weight is 284 g/mol. The van der Waals surface area contributed by atoms with Crippen LogP contribution >= 0.6 is 0 Å². The number of phenols is 1. The van der Waals surface area contributed by atoms with Gasteiger partial charge in [-0.15, -0.1) is 0 Å². The van der Waals surface area contributed by atoms with E-state index in [0.29, 0.717) is 5.56 Å². The third kappa shape index (κ3) is 2.84. The van der Waals surface area contributed by atoms with Crippen LogP contribution in [0.25, 0.3) is 6.08 Å². The van der Waals surface area contributed by atoms with Crippen LogP contribution in [-0.4, -0.2) is 22.2 Å². The summed E-state index contributed by atoms with van der Waals surface area (Å²) >= 11 is 0. The Bertz CT molecular complexity index is 612. The Morgan fingerprint density at radius 1 is 1.20 bits per heavy atom. The summed E-state index contributed by atoms with van der Waals surface area (Å²) in [4.78, 5) is 11.1. The van der Waals surface area contributed by atoms with Gasteiger partial charge in [-0.2, -0.15) is 13.2 Å². The van der Waals surface area contributed by atoms with E-state index in [0.717, 1.165) is 0 Å². The first kappa shape index (κ1) is 14.2. The standard InChI is InChI=1S/C14H11F3O3/c15-14(16,17)13(20)11-5-4-9(12(11)19)6-8-2-1-3-10(18)7-8/h1-3,6-7,18-19H,4-5H2. The predicted molar refractivity (Wildman–Crippen MR) is 66.0 cm³/mol.